The summed E-state index contributed by atoms with van der Waals surface area (Å²) >= 11 is 21.2. The first-order valence-electron chi connectivity index (χ1n) is 8.34. The molecule has 0 bridgehead atoms. The number of quaternary nitrogens is 1. The smallest absolute Gasteiger partial charge is 0.378 e. The van der Waals surface area contributed by atoms with E-state index in [0.717, 1.165) is 8.27 Å². The van der Waals surface area contributed by atoms with Crippen LogP contribution < -0.4 is 4.65 Å². The molecule has 0 saturated carbocycles. The number of hydrogen-bond donors (Lipinski definition) is 0. The number of aromatic nitrogens is 1. The van der Waals surface area contributed by atoms with Crippen molar-refractivity contribution in [3.05, 3.63) is 51.1 Å². The van der Waals surface area contributed by atoms with Gasteiger partial charge in [0.2, 0.25) is 9.55 Å². The van der Waals surface area contributed by atoms with E-state index in [1.54, 1.807) is 11.0 Å². The summed E-state index contributed by atoms with van der Waals surface area (Å²) in [6.45, 7) is 0.0361. The number of nitrogens with zero attached hydrogens (tertiary/aromatic N) is 3. The topological polar surface area (TPSA) is 78.6 Å². The first kappa shape index (κ1) is 21.6. The second kappa shape index (κ2) is 8.12. The number of halogens is 4. The van der Waals surface area contributed by atoms with Gasteiger partial charge in [-0.05, 0) is 46.9 Å². The van der Waals surface area contributed by atoms with E-state index in [1.165, 1.54) is 23.7 Å². The van der Waals surface area contributed by atoms with E-state index in [2.05, 4.69) is 27.6 Å². The molecule has 2 unspecified atom stereocenters. The highest BCUT2D eigenvalue weighted by Crippen LogP contribution is 2.40. The Morgan fingerprint density at radius 1 is 1.41 bits per heavy atom. The normalized spacial score (nSPS) is 23.0. The van der Waals surface area contributed by atoms with Crippen molar-refractivity contribution in [3.63, 3.8) is 0 Å². The minimum atomic E-state index is -1.58. The number of ether oxygens (including phenoxy) is 1. The maximum absolute atomic E-state index is 13.9. The van der Waals surface area contributed by atoms with E-state index in [-0.39, 0.29) is 30.7 Å². The van der Waals surface area contributed by atoms with Crippen molar-refractivity contribution in [1.29, 1.82) is 0 Å². The van der Waals surface area contributed by atoms with E-state index in [9.17, 15) is 10.0 Å². The molecule has 0 radical (unpaired) electrons. The van der Waals surface area contributed by atoms with Crippen molar-refractivity contribution in [3.8, 4) is 0 Å². The number of fused-ring (bicyclic) bond motifs is 1. The van der Waals surface area contributed by atoms with Gasteiger partial charge in [-0.2, -0.15) is 4.98 Å². The van der Waals surface area contributed by atoms with Crippen LogP contribution in [0.4, 0.5) is 5.13 Å². The van der Waals surface area contributed by atoms with Crippen molar-refractivity contribution in [2.75, 3.05) is 19.8 Å². The van der Waals surface area contributed by atoms with Gasteiger partial charge in [-0.3, -0.25) is 4.65 Å². The van der Waals surface area contributed by atoms with Gasteiger partial charge in [0.25, 0.3) is 11.4 Å². The van der Waals surface area contributed by atoms with Crippen molar-refractivity contribution < 1.29 is 13.9 Å². The van der Waals surface area contributed by atoms with E-state index < -0.39 is 20.6 Å². The van der Waals surface area contributed by atoms with Crippen LogP contribution in [-0.4, -0.2) is 45.6 Å². The fraction of sp³-hybridized carbons (Fsp3) is 0.294. The zero-order chi connectivity index (χ0) is 20.8. The van der Waals surface area contributed by atoms with E-state index in [0.29, 0.717) is 5.52 Å². The Hall–Kier alpha value is -0.660. The number of carbonyl (C=O) groups is 1. The van der Waals surface area contributed by atoms with Crippen LogP contribution in [0.1, 0.15) is 10.6 Å². The predicted molar refractivity (Wildman–Crippen MR) is 122 cm³/mol. The van der Waals surface area contributed by atoms with Crippen molar-refractivity contribution >= 4 is 90.0 Å². The minimum absolute atomic E-state index is 0.00947. The third-order valence-electron chi connectivity index (χ3n) is 4.34. The average molecular weight is 589 g/mol. The average Bonchev–Trinajstić information content (AvgIpc) is 3.34. The third kappa shape index (κ3) is 4.52. The number of benzene rings is 1. The molecule has 0 N–H and O–H groups in total. The summed E-state index contributed by atoms with van der Waals surface area (Å²) in [5.41, 5.74) is 0.709. The summed E-state index contributed by atoms with van der Waals surface area (Å²) in [5.74, 6) is -0.722. The van der Waals surface area contributed by atoms with Crippen molar-refractivity contribution in [2.45, 2.75) is 10.0 Å². The zero-order valence-electron chi connectivity index (χ0n) is 14.6. The third-order valence-corrected chi connectivity index (χ3v) is 7.18. The molecule has 3 aromatic rings. The second-order valence-corrected chi connectivity index (χ2v) is 11.1. The molecule has 1 aliphatic rings. The first-order chi connectivity index (χ1) is 13.7. The first-order valence-corrected chi connectivity index (χ1v) is 11.4. The van der Waals surface area contributed by atoms with Crippen molar-refractivity contribution in [1.82, 2.24) is 14.5 Å². The van der Waals surface area contributed by atoms with Gasteiger partial charge in [0.15, 0.2) is 0 Å². The van der Waals surface area contributed by atoms with E-state index >= 15 is 0 Å². The number of carbonyl (C=O) groups excluding carboxylic acids is 1. The zero-order valence-corrected chi connectivity index (χ0v) is 19.8. The Morgan fingerprint density at radius 3 is 2.86 bits per heavy atom. The molecule has 1 aliphatic heterocycles. The predicted octanol–water partition coefficient (Wildman–Crippen LogP) is 5.13. The molecule has 154 valence electrons. The van der Waals surface area contributed by atoms with E-state index in [1.807, 2.05) is 18.2 Å². The van der Waals surface area contributed by atoms with Crippen LogP contribution in [0.15, 0.2) is 41.0 Å². The van der Waals surface area contributed by atoms with Crippen LogP contribution >= 0.6 is 68.7 Å². The second-order valence-electron chi connectivity index (χ2n) is 6.49. The maximum Gasteiger partial charge on any atom is 0.378 e. The van der Waals surface area contributed by atoms with Gasteiger partial charge in [0, 0.05) is 3.57 Å². The van der Waals surface area contributed by atoms with Gasteiger partial charge < -0.3 is 14.4 Å². The minimum Gasteiger partial charge on any atom is -0.622 e. The highest BCUT2D eigenvalue weighted by atomic mass is 127. The van der Waals surface area contributed by atoms with Gasteiger partial charge in [-0.1, -0.05) is 52.2 Å². The monoisotopic (exact) mass is 587 g/mol. The summed E-state index contributed by atoms with van der Waals surface area (Å²) in [5, 5.41) is 14.2. The van der Waals surface area contributed by atoms with Gasteiger partial charge in [-0.15, -0.1) is 0 Å². The number of thiazole rings is 1. The standard InChI is InChI=1S/C17H13Cl3IN3O4S/c18-17(19,20)8-23-7-13(28-15(25)12-5-2-6-27-12)24(26,9-23)16-22-11-4-1-3-10(21)14(11)29-16/h1-6,13H,7-9H2. The van der Waals surface area contributed by atoms with Crippen molar-refractivity contribution in [2.24, 2.45) is 0 Å². The van der Waals surface area contributed by atoms with Crippen LogP contribution in [0.5, 0.6) is 0 Å². The number of hydrogen-bond acceptors (Lipinski definition) is 7. The lowest BCUT2D eigenvalue weighted by Gasteiger charge is -2.38. The molecule has 29 heavy (non-hydrogen) atoms. The molecule has 1 aromatic carbocycles. The van der Waals surface area contributed by atoms with Crippen LogP contribution in [0, 0.1) is 8.78 Å². The van der Waals surface area contributed by atoms with Gasteiger partial charge in [-0.25, -0.2) is 9.69 Å². The largest absolute Gasteiger partial charge is 0.622 e. The molecule has 1 fully saturated rings. The Bertz CT molecular complexity index is 1040. The summed E-state index contributed by atoms with van der Waals surface area (Å²) in [6, 6.07) is 8.68. The van der Waals surface area contributed by atoms with Gasteiger partial charge in [0.05, 0.1) is 29.6 Å². The Kier molecular flexibility index (Phi) is 6.04. The lowest BCUT2D eigenvalue weighted by atomic mass is 10.3. The molecule has 4 rings (SSSR count). The Labute approximate surface area is 198 Å². The van der Waals surface area contributed by atoms with Gasteiger partial charge in [0.1, 0.15) is 6.67 Å². The summed E-state index contributed by atoms with van der Waals surface area (Å²) in [7, 11) is 0. The number of hydroxylamine groups is 2. The number of furan rings is 1. The molecule has 1 saturated heterocycles. The summed E-state index contributed by atoms with van der Waals surface area (Å²) < 4.78 is 9.91. The lowest BCUT2D eigenvalue weighted by molar-refractivity contribution is 0.00253. The molecule has 12 heteroatoms. The molecule has 2 aromatic heterocycles. The SMILES string of the molecule is O=C(OC1CN(CC(Cl)(Cl)Cl)C[N+]1([O-])c1nc2cccc(I)c2s1)c1ccco1. The number of esters is 1. The lowest BCUT2D eigenvalue weighted by Crippen LogP contribution is -2.51. The molecule has 0 amide bonds. The summed E-state index contributed by atoms with van der Waals surface area (Å²) in [4.78, 5) is 18.6. The Balaban J connectivity index is 1.69. The van der Waals surface area contributed by atoms with Crippen LogP contribution in [-0.2, 0) is 4.74 Å². The highest BCUT2D eigenvalue weighted by Gasteiger charge is 2.48. The molecular weight excluding hydrogens is 576 g/mol. The van der Waals surface area contributed by atoms with Crippen LogP contribution in [0.3, 0.4) is 0 Å². The van der Waals surface area contributed by atoms with Crippen LogP contribution in [0.2, 0.25) is 0 Å². The van der Waals surface area contributed by atoms with Gasteiger partial charge >= 0.3 is 5.97 Å². The fourth-order valence-corrected chi connectivity index (χ4v) is 5.48. The number of rotatable bonds is 4. The highest BCUT2D eigenvalue weighted by molar-refractivity contribution is 14.1. The quantitative estimate of drug-likeness (QED) is 0.138. The molecular formula is C17H13Cl3IN3O4S. The molecule has 2 atom stereocenters. The van der Waals surface area contributed by atoms with E-state index in [4.69, 9.17) is 44.0 Å². The maximum atomic E-state index is 13.9. The van der Waals surface area contributed by atoms with Crippen LogP contribution in [0.25, 0.3) is 10.2 Å². The summed E-state index contributed by atoms with van der Waals surface area (Å²) in [6.07, 6.45) is 0.271. The number of alkyl halides is 3. The molecule has 0 spiro atoms. The molecule has 7 nitrogen and oxygen atoms in total. The Morgan fingerprint density at radius 2 is 2.21 bits per heavy atom. The molecule has 3 heterocycles. The fourth-order valence-electron chi connectivity index (χ4n) is 3.11. The molecule has 0 aliphatic carbocycles.